The Morgan fingerprint density at radius 1 is 1.41 bits per heavy atom. The first kappa shape index (κ1) is 20.5. The molecule has 0 unspecified atom stereocenters. The minimum atomic E-state index is -3.95. The average molecular weight is 421 g/mol. The van der Waals surface area contributed by atoms with Crippen LogP contribution in [0.5, 0.6) is 0 Å². The Labute approximate surface area is 166 Å². The van der Waals surface area contributed by atoms with Crippen molar-refractivity contribution in [1.29, 1.82) is 0 Å². The summed E-state index contributed by atoms with van der Waals surface area (Å²) >= 11 is 0. The first-order chi connectivity index (χ1) is 13.5. The quantitative estimate of drug-likeness (QED) is 0.408. The van der Waals surface area contributed by atoms with Gasteiger partial charge in [0.1, 0.15) is 11.4 Å². The molecule has 1 aromatic heterocycles. The summed E-state index contributed by atoms with van der Waals surface area (Å²) in [4.78, 5) is 40.5. The summed E-state index contributed by atoms with van der Waals surface area (Å²) in [7, 11) is -3.95. The van der Waals surface area contributed by atoms with Crippen molar-refractivity contribution in [2.45, 2.75) is 30.0 Å². The zero-order valence-corrected chi connectivity index (χ0v) is 16.5. The maximum Gasteiger partial charge on any atom is 0.411 e. The molecule has 0 radical (unpaired) electrons. The van der Waals surface area contributed by atoms with Gasteiger partial charge in [0.25, 0.3) is 5.91 Å². The van der Waals surface area contributed by atoms with E-state index < -0.39 is 44.0 Å². The fourth-order valence-corrected chi connectivity index (χ4v) is 5.47. The summed E-state index contributed by atoms with van der Waals surface area (Å²) in [6.45, 7) is 6.07. The van der Waals surface area contributed by atoms with Crippen molar-refractivity contribution in [2.75, 3.05) is 11.9 Å². The molecular formula is C18H19N3O7S. The number of carbonyl (C=O) groups is 3. The normalized spacial score (nSPS) is 25.1. The van der Waals surface area contributed by atoms with Crippen LogP contribution in [0.25, 0.3) is 6.08 Å². The third-order valence-corrected chi connectivity index (χ3v) is 7.63. The molecule has 3 heterocycles. The average Bonchev–Trinajstić information content (AvgIpc) is 2.79. The van der Waals surface area contributed by atoms with Gasteiger partial charge in [0.15, 0.2) is 21.3 Å². The van der Waals surface area contributed by atoms with Crippen molar-refractivity contribution in [3.05, 3.63) is 42.3 Å². The monoisotopic (exact) mass is 421 g/mol. The molecule has 0 spiro atoms. The second-order valence-electron chi connectivity index (χ2n) is 7.04. The molecule has 1 aromatic rings. The minimum absolute atomic E-state index is 0.0413. The van der Waals surface area contributed by atoms with Crippen molar-refractivity contribution in [2.24, 2.45) is 0 Å². The highest BCUT2D eigenvalue weighted by molar-refractivity contribution is 7.94. The standard InChI is InChI=1S/C18H19N3O7S/c1-4-7-28-17(25)20-11-6-5-10(19-9-11)8-12-14(22)21-13(16(23)24)18(2,3)29(26,27)15(12)21/h4-6,8-9,13,15H,1,7H2,2-3H3,(H,20,25)(H,23,24)/b12-8-/t13-,15+/m0/s1. The number of hydrogen-bond acceptors (Lipinski definition) is 7. The number of hydrogen-bond donors (Lipinski definition) is 2. The molecule has 0 aromatic carbocycles. The first-order valence-electron chi connectivity index (χ1n) is 8.53. The van der Waals surface area contributed by atoms with Gasteiger partial charge >= 0.3 is 12.1 Å². The molecule has 3 rings (SSSR count). The van der Waals surface area contributed by atoms with Crippen LogP contribution in [-0.2, 0) is 24.2 Å². The number of amides is 2. The number of rotatable bonds is 5. The van der Waals surface area contributed by atoms with Gasteiger partial charge in [-0.15, -0.1) is 0 Å². The number of aliphatic carboxylic acids is 1. The molecule has 2 fully saturated rings. The third kappa shape index (κ3) is 3.16. The summed E-state index contributed by atoms with van der Waals surface area (Å²) in [6, 6.07) is 1.53. The van der Waals surface area contributed by atoms with E-state index in [1.54, 1.807) is 0 Å². The molecule has 0 saturated carbocycles. The van der Waals surface area contributed by atoms with Gasteiger partial charge in [-0.05, 0) is 32.1 Å². The van der Waals surface area contributed by atoms with Gasteiger partial charge < -0.3 is 14.7 Å². The Morgan fingerprint density at radius 2 is 2.10 bits per heavy atom. The zero-order valence-electron chi connectivity index (χ0n) is 15.7. The Morgan fingerprint density at radius 3 is 2.66 bits per heavy atom. The van der Waals surface area contributed by atoms with Crippen molar-refractivity contribution < 1.29 is 32.6 Å². The van der Waals surface area contributed by atoms with Crippen molar-refractivity contribution in [1.82, 2.24) is 9.88 Å². The number of sulfone groups is 1. The molecule has 2 amide bonds. The van der Waals surface area contributed by atoms with E-state index in [2.05, 4.69) is 16.9 Å². The van der Waals surface area contributed by atoms with Crippen LogP contribution in [0.3, 0.4) is 0 Å². The predicted octanol–water partition coefficient (Wildman–Crippen LogP) is 1.03. The second-order valence-corrected chi connectivity index (χ2v) is 9.63. The van der Waals surface area contributed by atoms with Crippen molar-refractivity contribution >= 4 is 39.6 Å². The fourth-order valence-electron chi connectivity index (χ4n) is 3.35. The molecule has 29 heavy (non-hydrogen) atoms. The minimum Gasteiger partial charge on any atom is -0.480 e. The summed E-state index contributed by atoms with van der Waals surface area (Å²) in [5.74, 6) is -2.03. The van der Waals surface area contributed by atoms with Crippen LogP contribution in [0, 0.1) is 0 Å². The largest absolute Gasteiger partial charge is 0.480 e. The molecular weight excluding hydrogens is 402 g/mol. The van der Waals surface area contributed by atoms with Crippen molar-refractivity contribution in [3.8, 4) is 0 Å². The number of anilines is 1. The highest BCUT2D eigenvalue weighted by Gasteiger charge is 2.70. The highest BCUT2D eigenvalue weighted by Crippen LogP contribution is 2.48. The highest BCUT2D eigenvalue weighted by atomic mass is 32.2. The lowest BCUT2D eigenvalue weighted by atomic mass is 9.95. The number of aromatic nitrogens is 1. The van der Waals surface area contributed by atoms with Gasteiger partial charge in [-0.3, -0.25) is 15.1 Å². The molecule has 2 saturated heterocycles. The van der Waals surface area contributed by atoms with Crippen LogP contribution in [0.1, 0.15) is 19.5 Å². The van der Waals surface area contributed by atoms with E-state index in [-0.39, 0.29) is 17.9 Å². The van der Waals surface area contributed by atoms with E-state index in [4.69, 9.17) is 4.74 Å². The van der Waals surface area contributed by atoms with Crippen LogP contribution in [0.4, 0.5) is 10.5 Å². The third-order valence-electron chi connectivity index (χ3n) is 4.87. The van der Waals surface area contributed by atoms with Crippen LogP contribution >= 0.6 is 0 Å². The Kier molecular flexibility index (Phi) is 4.95. The van der Waals surface area contributed by atoms with E-state index in [1.165, 1.54) is 44.3 Å². The van der Waals surface area contributed by atoms with Gasteiger partial charge in [0.2, 0.25) is 0 Å². The van der Waals surface area contributed by atoms with E-state index in [1.807, 2.05) is 0 Å². The van der Waals surface area contributed by atoms with Gasteiger partial charge in [0.05, 0.1) is 23.2 Å². The predicted molar refractivity (Wildman–Crippen MR) is 102 cm³/mol. The number of ether oxygens (including phenoxy) is 1. The number of nitrogens with one attached hydrogen (secondary N) is 1. The Bertz CT molecular complexity index is 1030. The maximum absolute atomic E-state index is 12.8. The van der Waals surface area contributed by atoms with Crippen molar-refractivity contribution in [3.63, 3.8) is 0 Å². The molecule has 2 aliphatic rings. The first-order valence-corrected chi connectivity index (χ1v) is 10.1. The molecule has 11 heteroatoms. The molecule has 10 nitrogen and oxygen atoms in total. The number of nitrogens with zero attached hydrogens (tertiary/aromatic N) is 2. The Balaban J connectivity index is 1.84. The Hall–Kier alpha value is -3.21. The smallest absolute Gasteiger partial charge is 0.411 e. The number of carboxylic acid groups (broad SMARTS) is 1. The van der Waals surface area contributed by atoms with Gasteiger partial charge in [-0.1, -0.05) is 12.7 Å². The SMILES string of the molecule is C=CCOC(=O)Nc1ccc(/C=C2/C(=O)N3[C@@H](C(=O)O)C(C)(C)S(=O)(=O)[C@H]23)nc1. The van der Waals surface area contributed by atoms with E-state index in [0.717, 1.165) is 4.90 Å². The fraction of sp³-hybridized carbons (Fsp3) is 0.333. The lowest BCUT2D eigenvalue weighted by molar-refractivity contribution is -0.152. The lowest BCUT2D eigenvalue weighted by Gasteiger charge is -2.37. The lowest BCUT2D eigenvalue weighted by Crippen LogP contribution is -2.58. The van der Waals surface area contributed by atoms with Crippen LogP contribution in [0.2, 0.25) is 0 Å². The van der Waals surface area contributed by atoms with Crippen LogP contribution < -0.4 is 5.32 Å². The second kappa shape index (κ2) is 6.99. The topological polar surface area (TPSA) is 143 Å². The summed E-state index contributed by atoms with van der Waals surface area (Å²) < 4.78 is 28.8. The number of pyridine rings is 1. The van der Waals surface area contributed by atoms with E-state index >= 15 is 0 Å². The van der Waals surface area contributed by atoms with E-state index in [0.29, 0.717) is 5.69 Å². The molecule has 2 aliphatic heterocycles. The van der Waals surface area contributed by atoms with Gasteiger partial charge in [-0.2, -0.15) is 0 Å². The van der Waals surface area contributed by atoms with Crippen LogP contribution in [-0.4, -0.2) is 64.1 Å². The summed E-state index contributed by atoms with van der Waals surface area (Å²) in [5.41, 5.74) is 0.577. The van der Waals surface area contributed by atoms with E-state index in [9.17, 15) is 27.9 Å². The molecule has 154 valence electrons. The molecule has 0 aliphatic carbocycles. The molecule has 2 atom stereocenters. The maximum atomic E-state index is 12.8. The van der Waals surface area contributed by atoms with Gasteiger partial charge in [-0.25, -0.2) is 18.0 Å². The summed E-state index contributed by atoms with van der Waals surface area (Å²) in [5, 5.41) is 10.5. The number of fused-ring (bicyclic) bond motifs is 1. The summed E-state index contributed by atoms with van der Waals surface area (Å²) in [6.07, 6.45) is 3.34. The zero-order chi connectivity index (χ0) is 21.6. The number of β-lactam (4-membered cyclic amide) rings is 1. The number of carboxylic acids is 1. The number of carbonyl (C=O) groups excluding carboxylic acids is 2. The molecule has 2 N–H and O–H groups in total. The van der Waals surface area contributed by atoms with Crippen LogP contribution in [0.15, 0.2) is 36.6 Å². The molecule has 0 bridgehead atoms. The van der Waals surface area contributed by atoms with Gasteiger partial charge in [0, 0.05) is 0 Å².